The van der Waals surface area contributed by atoms with Gasteiger partial charge in [0, 0.05) is 0 Å². The van der Waals surface area contributed by atoms with Crippen molar-refractivity contribution >= 4 is 0 Å². The maximum Gasteiger partial charge on any atom is -0.0385 e. The van der Waals surface area contributed by atoms with Gasteiger partial charge >= 0.3 is 0 Å². The summed E-state index contributed by atoms with van der Waals surface area (Å²) in [6.45, 7) is 8.94. The second-order valence-corrected chi connectivity index (χ2v) is 2.91. The summed E-state index contributed by atoms with van der Waals surface area (Å²) in [7, 11) is 0. The van der Waals surface area contributed by atoms with E-state index in [1.54, 1.807) is 0 Å². The lowest BCUT2D eigenvalue weighted by Crippen LogP contribution is -2.00. The van der Waals surface area contributed by atoms with E-state index in [0.29, 0.717) is 5.41 Å². The third kappa shape index (κ3) is 10.7. The first-order valence-corrected chi connectivity index (χ1v) is 2.56. The average molecular weight is 102 g/mol. The molecular weight excluding hydrogens is 84.1 g/mol. The van der Waals surface area contributed by atoms with Gasteiger partial charge in [0.15, 0.2) is 0 Å². The summed E-state index contributed by atoms with van der Waals surface area (Å²) in [4.78, 5) is 0. The Hall–Kier alpha value is 0. The number of hydrogen-bond donors (Lipinski definition) is 0. The Balaban J connectivity index is 0. The average Bonchev–Trinajstić information content (AvgIpc) is 1.35. The van der Waals surface area contributed by atoms with Gasteiger partial charge in [-0.2, -0.15) is 0 Å². The molecule has 0 atom stereocenters. The smallest absolute Gasteiger partial charge is 0.0385 e. The number of rotatable bonds is 0. The minimum absolute atomic E-state index is 0. The van der Waals surface area contributed by atoms with Crippen LogP contribution in [0.4, 0.5) is 0 Å². The maximum atomic E-state index is 2.24. The van der Waals surface area contributed by atoms with Gasteiger partial charge in [-0.15, -0.1) is 0 Å². The summed E-state index contributed by atoms with van der Waals surface area (Å²) in [6, 6.07) is 0. The number of hydrogen-bond acceptors (Lipinski definition) is 0. The van der Waals surface area contributed by atoms with Crippen molar-refractivity contribution in [1.29, 1.82) is 0 Å². The van der Waals surface area contributed by atoms with Crippen LogP contribution >= 0.6 is 0 Å². The Labute approximate surface area is 47.9 Å². The van der Waals surface area contributed by atoms with Crippen molar-refractivity contribution in [3.63, 3.8) is 0 Å². The van der Waals surface area contributed by atoms with Gasteiger partial charge in [-0.1, -0.05) is 41.5 Å². The van der Waals surface area contributed by atoms with E-state index in [1.807, 2.05) is 0 Å². The highest BCUT2D eigenvalue weighted by Crippen LogP contribution is 2.16. The van der Waals surface area contributed by atoms with E-state index < -0.39 is 0 Å². The fraction of sp³-hybridized carbons (Fsp3) is 1.00. The summed E-state index contributed by atoms with van der Waals surface area (Å²) in [5.74, 6) is 0. The summed E-state index contributed by atoms with van der Waals surface area (Å²) in [5, 5.41) is 0. The second-order valence-electron chi connectivity index (χ2n) is 2.91. The van der Waals surface area contributed by atoms with Gasteiger partial charge in [-0.25, -0.2) is 0 Å². The molecule has 0 fully saturated rings. The van der Waals surface area contributed by atoms with Crippen LogP contribution in [-0.2, 0) is 0 Å². The van der Waals surface area contributed by atoms with Crippen LogP contribution in [0.5, 0.6) is 0 Å². The van der Waals surface area contributed by atoms with Gasteiger partial charge in [-0.3, -0.25) is 0 Å². The summed E-state index contributed by atoms with van der Waals surface area (Å²) < 4.78 is 0. The fourth-order valence-corrected chi connectivity index (χ4v) is 0. The first kappa shape index (κ1) is 10.1. The topological polar surface area (TPSA) is 0 Å². The Kier molecular flexibility index (Phi) is 4.41. The molecule has 0 spiro atoms. The summed E-state index contributed by atoms with van der Waals surface area (Å²) in [6.07, 6.45) is 1.27. The van der Waals surface area contributed by atoms with Crippen LogP contribution in [0.1, 0.15) is 41.5 Å². The summed E-state index contributed by atoms with van der Waals surface area (Å²) in [5.41, 5.74) is 0.542. The van der Waals surface area contributed by atoms with Crippen molar-refractivity contribution in [3.8, 4) is 0 Å². The molecule has 46 valence electrons. The zero-order chi connectivity index (χ0) is 5.21. The molecular formula is C7H18. The predicted octanol–water partition coefficient (Wildman–Crippen LogP) is 3.08. The molecule has 0 saturated carbocycles. The molecule has 0 bridgehead atoms. The van der Waals surface area contributed by atoms with Crippen LogP contribution in [0.3, 0.4) is 0 Å². The van der Waals surface area contributed by atoms with Crippen molar-refractivity contribution < 1.29 is 0 Å². The van der Waals surface area contributed by atoms with Gasteiger partial charge in [0.05, 0.1) is 0 Å². The van der Waals surface area contributed by atoms with E-state index in [2.05, 4.69) is 27.7 Å². The predicted molar refractivity (Wildman–Crippen MR) is 36.5 cm³/mol. The monoisotopic (exact) mass is 102 g/mol. The van der Waals surface area contributed by atoms with Gasteiger partial charge in [0.2, 0.25) is 0 Å². The van der Waals surface area contributed by atoms with E-state index in [9.17, 15) is 0 Å². The van der Waals surface area contributed by atoms with Crippen molar-refractivity contribution in [2.75, 3.05) is 0 Å². The maximum absolute atomic E-state index is 2.24. The lowest BCUT2D eigenvalue weighted by atomic mass is 9.94. The highest BCUT2D eigenvalue weighted by atomic mass is 14.1. The van der Waals surface area contributed by atoms with E-state index in [1.165, 1.54) is 6.42 Å². The zero-order valence-electron chi connectivity index (χ0n) is 5.21. The molecule has 0 unspecified atom stereocenters. The summed E-state index contributed by atoms with van der Waals surface area (Å²) >= 11 is 0. The quantitative estimate of drug-likeness (QED) is 0.441. The molecule has 0 heterocycles. The van der Waals surface area contributed by atoms with Crippen LogP contribution < -0.4 is 0 Å². The third-order valence-electron chi connectivity index (χ3n) is 1.06. The molecule has 0 amide bonds. The molecule has 0 aromatic carbocycles. The van der Waals surface area contributed by atoms with Gasteiger partial charge in [-0.05, 0) is 5.41 Å². The Morgan fingerprint density at radius 3 is 1.29 bits per heavy atom. The molecule has 0 saturated heterocycles. The highest BCUT2D eigenvalue weighted by molar-refractivity contribution is 4.55. The molecule has 0 nitrogen and oxygen atoms in total. The Bertz CT molecular complexity index is 29.8. The van der Waals surface area contributed by atoms with Crippen LogP contribution in [-0.4, -0.2) is 0 Å². The van der Waals surface area contributed by atoms with E-state index in [4.69, 9.17) is 0 Å². The molecule has 0 aliphatic carbocycles. The first-order valence-electron chi connectivity index (χ1n) is 2.56. The highest BCUT2D eigenvalue weighted by Gasteiger charge is 2.03. The normalized spacial score (nSPS) is 10.3. The second kappa shape index (κ2) is 3.06. The molecule has 0 aromatic heterocycles. The van der Waals surface area contributed by atoms with Crippen LogP contribution in [0.15, 0.2) is 0 Å². The Morgan fingerprint density at radius 1 is 1.14 bits per heavy atom. The fourth-order valence-electron chi connectivity index (χ4n) is 0. The van der Waals surface area contributed by atoms with Crippen LogP contribution in [0.25, 0.3) is 0 Å². The lowest BCUT2D eigenvalue weighted by Gasteiger charge is -2.12. The van der Waals surface area contributed by atoms with Gasteiger partial charge in [0.25, 0.3) is 0 Å². The minimum Gasteiger partial charge on any atom is -0.0776 e. The SMILES string of the molecule is C.CCC(C)(C)C. The van der Waals surface area contributed by atoms with Gasteiger partial charge < -0.3 is 0 Å². The van der Waals surface area contributed by atoms with Crippen molar-refractivity contribution in [1.82, 2.24) is 0 Å². The molecule has 0 radical (unpaired) electrons. The van der Waals surface area contributed by atoms with Crippen LogP contribution in [0, 0.1) is 5.41 Å². The van der Waals surface area contributed by atoms with Crippen LogP contribution in [0.2, 0.25) is 0 Å². The molecule has 0 heteroatoms. The minimum atomic E-state index is 0. The van der Waals surface area contributed by atoms with E-state index >= 15 is 0 Å². The van der Waals surface area contributed by atoms with Crippen molar-refractivity contribution in [2.45, 2.75) is 41.5 Å². The van der Waals surface area contributed by atoms with E-state index in [0.717, 1.165) is 0 Å². The van der Waals surface area contributed by atoms with Gasteiger partial charge in [0.1, 0.15) is 0 Å². The molecule has 0 rings (SSSR count). The molecule has 0 aromatic rings. The molecule has 0 N–H and O–H groups in total. The lowest BCUT2D eigenvalue weighted by molar-refractivity contribution is 0.398. The molecule has 0 aliphatic rings. The molecule has 7 heavy (non-hydrogen) atoms. The molecule has 0 aliphatic heterocycles. The Morgan fingerprint density at radius 2 is 1.29 bits per heavy atom. The van der Waals surface area contributed by atoms with E-state index in [-0.39, 0.29) is 7.43 Å². The first-order chi connectivity index (χ1) is 2.56. The van der Waals surface area contributed by atoms with Crippen molar-refractivity contribution in [3.05, 3.63) is 0 Å². The standard InChI is InChI=1S/C6H14.CH4/c1-5-6(2,3)4;/h5H2,1-4H3;1H4. The zero-order valence-corrected chi connectivity index (χ0v) is 5.21. The largest absolute Gasteiger partial charge is 0.0776 e. The van der Waals surface area contributed by atoms with Crippen molar-refractivity contribution in [2.24, 2.45) is 5.41 Å². The third-order valence-corrected chi connectivity index (χ3v) is 1.06.